The van der Waals surface area contributed by atoms with E-state index in [-0.39, 0.29) is 11.9 Å². The van der Waals surface area contributed by atoms with Gasteiger partial charge in [0.05, 0.1) is 5.56 Å². The van der Waals surface area contributed by atoms with E-state index in [2.05, 4.69) is 4.90 Å². The van der Waals surface area contributed by atoms with Crippen LogP contribution in [0.2, 0.25) is 0 Å². The molecule has 6 heteroatoms. The summed E-state index contributed by atoms with van der Waals surface area (Å²) in [6.07, 6.45) is 4.47. The van der Waals surface area contributed by atoms with E-state index in [1.165, 1.54) is 4.90 Å². The van der Waals surface area contributed by atoms with Crippen LogP contribution in [0, 0.1) is 0 Å². The molecule has 2 aromatic rings. The van der Waals surface area contributed by atoms with E-state index in [4.69, 9.17) is 9.47 Å². The predicted molar refractivity (Wildman–Crippen MR) is 125 cm³/mol. The number of nitrogens with zero attached hydrogens (tertiary/aromatic N) is 2. The highest BCUT2D eigenvalue weighted by molar-refractivity contribution is 5.89. The van der Waals surface area contributed by atoms with Gasteiger partial charge in [-0.1, -0.05) is 36.8 Å². The minimum absolute atomic E-state index is 0.00376. The van der Waals surface area contributed by atoms with Gasteiger partial charge in [0.25, 0.3) is 0 Å². The van der Waals surface area contributed by atoms with Gasteiger partial charge in [-0.05, 0) is 69.6 Å². The highest BCUT2D eigenvalue weighted by Gasteiger charge is 2.44. The third-order valence-corrected chi connectivity index (χ3v) is 6.04. The minimum Gasteiger partial charge on any atom is -0.455 e. The van der Waals surface area contributed by atoms with Crippen LogP contribution in [0.25, 0.3) is 0 Å². The summed E-state index contributed by atoms with van der Waals surface area (Å²) in [5.41, 5.74) is 1.08. The zero-order chi connectivity index (χ0) is 23.1. The average molecular weight is 439 g/mol. The number of likely N-dealkylation sites (N-methyl/N-ethyl adjacent to an activating group) is 1. The van der Waals surface area contributed by atoms with Crippen molar-refractivity contribution in [2.24, 2.45) is 0 Å². The van der Waals surface area contributed by atoms with Crippen molar-refractivity contribution in [1.82, 2.24) is 9.80 Å². The number of carbonyl (C=O) groups is 2. The molecule has 0 aromatic heterocycles. The van der Waals surface area contributed by atoms with Gasteiger partial charge in [-0.2, -0.15) is 0 Å². The molecule has 1 saturated carbocycles. The van der Waals surface area contributed by atoms with Crippen molar-refractivity contribution in [1.29, 1.82) is 0 Å². The summed E-state index contributed by atoms with van der Waals surface area (Å²) in [6, 6.07) is 16.8. The molecular weight excluding hydrogens is 404 g/mol. The van der Waals surface area contributed by atoms with Gasteiger partial charge in [-0.25, -0.2) is 9.59 Å². The van der Waals surface area contributed by atoms with E-state index in [9.17, 15) is 9.59 Å². The second kappa shape index (κ2) is 10.6. The Labute approximate surface area is 191 Å². The Kier molecular flexibility index (Phi) is 7.91. The molecule has 3 rings (SSSR count). The van der Waals surface area contributed by atoms with Crippen LogP contribution in [0.5, 0.6) is 5.75 Å². The molecule has 0 saturated heterocycles. The predicted octanol–water partition coefficient (Wildman–Crippen LogP) is 4.95. The van der Waals surface area contributed by atoms with Crippen molar-refractivity contribution in [3.63, 3.8) is 0 Å². The maximum Gasteiger partial charge on any atom is 0.414 e. The van der Waals surface area contributed by atoms with Crippen molar-refractivity contribution in [3.8, 4) is 5.75 Å². The zero-order valence-corrected chi connectivity index (χ0v) is 19.5. The summed E-state index contributed by atoms with van der Waals surface area (Å²) in [7, 11) is 7.38. The third kappa shape index (κ3) is 5.88. The van der Waals surface area contributed by atoms with Crippen molar-refractivity contribution in [2.45, 2.75) is 43.6 Å². The molecule has 0 spiro atoms. The number of esters is 1. The van der Waals surface area contributed by atoms with E-state index in [1.807, 2.05) is 56.6 Å². The molecule has 32 heavy (non-hydrogen) atoms. The lowest BCUT2D eigenvalue weighted by Gasteiger charge is -2.44. The van der Waals surface area contributed by atoms with E-state index < -0.39 is 11.7 Å². The molecule has 1 atom stereocenters. The molecule has 1 amide bonds. The number of rotatable bonds is 7. The maximum atomic E-state index is 13.1. The summed E-state index contributed by atoms with van der Waals surface area (Å²) in [4.78, 5) is 28.5. The Bertz CT molecular complexity index is 888. The van der Waals surface area contributed by atoms with Gasteiger partial charge >= 0.3 is 12.1 Å². The first kappa shape index (κ1) is 23.8. The largest absolute Gasteiger partial charge is 0.455 e. The lowest BCUT2D eigenvalue weighted by atomic mass is 9.72. The smallest absolute Gasteiger partial charge is 0.414 e. The maximum absolute atomic E-state index is 13.1. The molecule has 1 unspecified atom stereocenters. The first-order valence-electron chi connectivity index (χ1n) is 11.2. The first-order chi connectivity index (χ1) is 15.3. The molecule has 1 fully saturated rings. The third-order valence-electron chi connectivity index (χ3n) is 6.04. The molecule has 0 aliphatic heterocycles. The van der Waals surface area contributed by atoms with Gasteiger partial charge in [-0.3, -0.25) is 0 Å². The minimum atomic E-state index is -0.572. The highest BCUT2D eigenvalue weighted by atomic mass is 16.6. The Balaban J connectivity index is 1.91. The molecule has 172 valence electrons. The van der Waals surface area contributed by atoms with Crippen LogP contribution in [0.1, 0.15) is 53.9 Å². The highest BCUT2D eigenvalue weighted by Crippen LogP contribution is 2.44. The Morgan fingerprint density at radius 1 is 0.906 bits per heavy atom. The van der Waals surface area contributed by atoms with Crippen molar-refractivity contribution in [2.75, 3.05) is 34.7 Å². The van der Waals surface area contributed by atoms with Gasteiger partial charge in [0.15, 0.2) is 0 Å². The molecule has 2 aromatic carbocycles. The summed E-state index contributed by atoms with van der Waals surface area (Å²) < 4.78 is 11.7. The average Bonchev–Trinajstić information content (AvgIpc) is 2.79. The summed E-state index contributed by atoms with van der Waals surface area (Å²) in [5.74, 6) is 0.229. The normalized spacial score (nSPS) is 16.3. The topological polar surface area (TPSA) is 59.1 Å². The Morgan fingerprint density at radius 2 is 1.53 bits per heavy atom. The summed E-state index contributed by atoms with van der Waals surface area (Å²) >= 11 is 0. The zero-order valence-electron chi connectivity index (χ0n) is 19.5. The number of hydrogen-bond acceptors (Lipinski definition) is 5. The molecule has 6 nitrogen and oxygen atoms in total. The monoisotopic (exact) mass is 438 g/mol. The van der Waals surface area contributed by atoms with Gasteiger partial charge < -0.3 is 19.3 Å². The van der Waals surface area contributed by atoms with Crippen LogP contribution in [-0.4, -0.2) is 62.2 Å². The SMILES string of the molecule is CN(C)CC(c1ccc(OC(=O)N(C)C)cc1)C1(OC(=O)c2ccccc2)CCCCC1. The summed E-state index contributed by atoms with van der Waals surface area (Å²) in [5, 5.41) is 0. The van der Waals surface area contributed by atoms with Gasteiger partial charge in [0, 0.05) is 26.6 Å². The Morgan fingerprint density at radius 3 is 2.09 bits per heavy atom. The van der Waals surface area contributed by atoms with E-state index in [0.717, 1.165) is 44.2 Å². The molecule has 0 N–H and O–H groups in total. The van der Waals surface area contributed by atoms with E-state index >= 15 is 0 Å². The fourth-order valence-electron chi connectivity index (χ4n) is 4.39. The number of ether oxygens (including phenoxy) is 2. The molecule has 0 heterocycles. The Hall–Kier alpha value is -2.86. The van der Waals surface area contributed by atoms with Gasteiger partial charge in [0.1, 0.15) is 11.4 Å². The fourth-order valence-corrected chi connectivity index (χ4v) is 4.39. The van der Waals surface area contributed by atoms with Crippen LogP contribution in [0.4, 0.5) is 4.79 Å². The quantitative estimate of drug-likeness (QED) is 0.573. The lowest BCUT2D eigenvalue weighted by molar-refractivity contribution is -0.0575. The second-order valence-corrected chi connectivity index (χ2v) is 9.03. The molecule has 0 radical (unpaired) electrons. The standard InChI is InChI=1S/C26H34N2O4/c1-27(2)19-23(20-13-15-22(16-14-20)31-25(30)28(3)4)26(17-9-6-10-18-26)32-24(29)21-11-7-5-8-12-21/h5,7-8,11-16,23H,6,9-10,17-19H2,1-4H3. The number of hydrogen-bond donors (Lipinski definition) is 0. The number of benzene rings is 2. The lowest BCUT2D eigenvalue weighted by Crippen LogP contribution is -2.46. The van der Waals surface area contributed by atoms with Crippen LogP contribution >= 0.6 is 0 Å². The van der Waals surface area contributed by atoms with Crippen LogP contribution in [-0.2, 0) is 4.74 Å². The van der Waals surface area contributed by atoms with Gasteiger partial charge in [0.2, 0.25) is 0 Å². The fraction of sp³-hybridized carbons (Fsp3) is 0.462. The van der Waals surface area contributed by atoms with Crippen LogP contribution in [0.15, 0.2) is 54.6 Å². The van der Waals surface area contributed by atoms with Crippen molar-refractivity contribution < 1.29 is 19.1 Å². The van der Waals surface area contributed by atoms with Crippen molar-refractivity contribution >= 4 is 12.1 Å². The van der Waals surface area contributed by atoms with Crippen LogP contribution < -0.4 is 4.74 Å². The van der Waals surface area contributed by atoms with E-state index in [0.29, 0.717) is 11.3 Å². The molecule has 0 bridgehead atoms. The molecular formula is C26H34N2O4. The first-order valence-corrected chi connectivity index (χ1v) is 11.2. The molecule has 1 aliphatic rings. The summed E-state index contributed by atoms with van der Waals surface area (Å²) in [6.45, 7) is 0.749. The van der Waals surface area contributed by atoms with E-state index in [1.54, 1.807) is 26.2 Å². The van der Waals surface area contributed by atoms with Crippen molar-refractivity contribution in [3.05, 3.63) is 65.7 Å². The van der Waals surface area contributed by atoms with Gasteiger partial charge in [-0.15, -0.1) is 0 Å². The number of carbonyl (C=O) groups excluding carboxylic acids is 2. The second-order valence-electron chi connectivity index (χ2n) is 9.03. The number of amides is 1. The molecule has 1 aliphatic carbocycles. The van der Waals surface area contributed by atoms with Crippen LogP contribution in [0.3, 0.4) is 0 Å².